The Morgan fingerprint density at radius 2 is 2.00 bits per heavy atom. The third kappa shape index (κ3) is 4.06. The first-order chi connectivity index (χ1) is 19.3. The Kier molecular flexibility index (Phi) is 6.59. The van der Waals surface area contributed by atoms with Crippen LogP contribution < -0.4 is 21.3 Å². The average Bonchev–Trinajstić information content (AvgIpc) is 3.35. The first-order valence-corrected chi connectivity index (χ1v) is 13.1. The van der Waals surface area contributed by atoms with Crippen LogP contribution in [-0.2, 0) is 0 Å². The first kappa shape index (κ1) is 26.1. The van der Waals surface area contributed by atoms with Crippen LogP contribution in [0.2, 0.25) is 5.02 Å². The standard InChI is InChI=1S/C27H25ClF2N8O2/c1-13(25-35-17-7-3-6-16(28)19(17)27(39)37(25)14-5-4-10-32-11-14)38-26-20(24(31)33-12-34-26)23(36-38)15-8-9-18(40-2)22(30)21(15)29/h3,6-9,12-14,32H,4-5,10-11H2,1-2H3,(H2,31,33,34). The highest BCUT2D eigenvalue weighted by Crippen LogP contribution is 2.37. The van der Waals surface area contributed by atoms with Crippen LogP contribution in [0.1, 0.15) is 37.7 Å². The van der Waals surface area contributed by atoms with Crippen LogP contribution in [0.5, 0.6) is 5.75 Å². The van der Waals surface area contributed by atoms with Crippen LogP contribution >= 0.6 is 11.6 Å². The minimum Gasteiger partial charge on any atom is -0.494 e. The summed E-state index contributed by atoms with van der Waals surface area (Å²) < 4.78 is 38.0. The van der Waals surface area contributed by atoms with E-state index in [0.717, 1.165) is 19.4 Å². The van der Waals surface area contributed by atoms with E-state index in [1.165, 1.54) is 30.3 Å². The van der Waals surface area contributed by atoms with Crippen LogP contribution in [0, 0.1) is 11.6 Å². The molecule has 2 aromatic carbocycles. The molecule has 3 aromatic heterocycles. The largest absolute Gasteiger partial charge is 0.494 e. The number of nitrogens with two attached hydrogens (primary N) is 1. The van der Waals surface area contributed by atoms with Crippen LogP contribution in [0.15, 0.2) is 41.5 Å². The number of fused-ring (bicyclic) bond motifs is 2. The van der Waals surface area contributed by atoms with Crippen molar-refractivity contribution in [3.63, 3.8) is 0 Å². The molecule has 1 saturated heterocycles. The Morgan fingerprint density at radius 1 is 1.18 bits per heavy atom. The molecule has 6 rings (SSSR count). The molecule has 13 heteroatoms. The fourth-order valence-corrected chi connectivity index (χ4v) is 5.61. The number of hydrogen-bond acceptors (Lipinski definition) is 8. The Bertz CT molecular complexity index is 1830. The lowest BCUT2D eigenvalue weighted by Gasteiger charge is -2.29. The minimum absolute atomic E-state index is 0.0428. The Morgan fingerprint density at radius 3 is 2.75 bits per heavy atom. The topological polar surface area (TPSA) is 126 Å². The number of ether oxygens (including phenoxy) is 1. The number of nitrogen functional groups attached to an aromatic ring is 1. The summed E-state index contributed by atoms with van der Waals surface area (Å²) in [6.45, 7) is 3.24. The number of nitrogens with one attached hydrogen (secondary N) is 1. The van der Waals surface area contributed by atoms with Gasteiger partial charge in [-0.05, 0) is 50.6 Å². The van der Waals surface area contributed by atoms with E-state index in [9.17, 15) is 9.18 Å². The molecule has 2 atom stereocenters. The molecule has 206 valence electrons. The van der Waals surface area contributed by atoms with E-state index in [-0.39, 0.29) is 45.5 Å². The zero-order chi connectivity index (χ0) is 28.1. The lowest BCUT2D eigenvalue weighted by molar-refractivity contribution is 0.342. The summed E-state index contributed by atoms with van der Waals surface area (Å²) >= 11 is 6.45. The third-order valence-corrected chi connectivity index (χ3v) is 7.64. The molecular formula is C27H25ClF2N8O2. The van der Waals surface area contributed by atoms with E-state index in [4.69, 9.17) is 27.1 Å². The lowest BCUT2D eigenvalue weighted by atomic mass is 10.1. The molecule has 40 heavy (non-hydrogen) atoms. The number of piperidine rings is 1. The highest BCUT2D eigenvalue weighted by Gasteiger charge is 2.29. The van der Waals surface area contributed by atoms with Gasteiger partial charge in [0.25, 0.3) is 5.56 Å². The summed E-state index contributed by atoms with van der Waals surface area (Å²) in [5, 5.41) is 8.90. The number of rotatable bonds is 5. The Hall–Kier alpha value is -4.16. The van der Waals surface area contributed by atoms with E-state index in [1.54, 1.807) is 22.8 Å². The summed E-state index contributed by atoms with van der Waals surface area (Å²) in [6, 6.07) is 6.94. The molecule has 0 spiro atoms. The van der Waals surface area contributed by atoms with Crippen LogP contribution in [0.3, 0.4) is 0 Å². The van der Waals surface area contributed by atoms with Crippen LogP contribution in [-0.4, -0.2) is 49.5 Å². The van der Waals surface area contributed by atoms with Gasteiger partial charge in [-0.15, -0.1) is 0 Å². The van der Waals surface area contributed by atoms with E-state index >= 15 is 4.39 Å². The van der Waals surface area contributed by atoms with Crippen molar-refractivity contribution >= 4 is 39.4 Å². The van der Waals surface area contributed by atoms with Gasteiger partial charge in [-0.2, -0.15) is 9.49 Å². The Labute approximate surface area is 231 Å². The summed E-state index contributed by atoms with van der Waals surface area (Å²) in [6.07, 6.45) is 2.91. The molecule has 0 amide bonds. The fourth-order valence-electron chi connectivity index (χ4n) is 5.36. The number of aromatic nitrogens is 6. The van der Waals surface area contributed by atoms with Gasteiger partial charge in [-0.1, -0.05) is 17.7 Å². The maximum absolute atomic E-state index is 15.2. The molecule has 2 unspecified atom stereocenters. The molecule has 4 heterocycles. The van der Waals surface area contributed by atoms with Crippen molar-refractivity contribution in [1.82, 2.24) is 34.6 Å². The molecule has 1 aliphatic heterocycles. The molecule has 1 fully saturated rings. The molecule has 10 nitrogen and oxygen atoms in total. The molecule has 5 aromatic rings. The molecule has 0 aliphatic carbocycles. The normalized spacial score (nSPS) is 16.5. The van der Waals surface area contributed by atoms with Crippen molar-refractivity contribution < 1.29 is 13.5 Å². The van der Waals surface area contributed by atoms with Gasteiger partial charge in [0.05, 0.1) is 34.5 Å². The van der Waals surface area contributed by atoms with Gasteiger partial charge in [0.1, 0.15) is 29.7 Å². The molecule has 3 N–H and O–H groups in total. The summed E-state index contributed by atoms with van der Waals surface area (Å²) in [4.78, 5) is 27.2. The minimum atomic E-state index is -1.15. The number of anilines is 1. The maximum Gasteiger partial charge on any atom is 0.263 e. The van der Waals surface area contributed by atoms with E-state index in [0.29, 0.717) is 28.3 Å². The predicted molar refractivity (Wildman–Crippen MR) is 148 cm³/mol. The van der Waals surface area contributed by atoms with Gasteiger partial charge in [-0.25, -0.2) is 24.0 Å². The van der Waals surface area contributed by atoms with Gasteiger partial charge in [-0.3, -0.25) is 9.36 Å². The lowest BCUT2D eigenvalue weighted by Crippen LogP contribution is -2.39. The summed E-state index contributed by atoms with van der Waals surface area (Å²) in [5.41, 5.74) is 6.58. The predicted octanol–water partition coefficient (Wildman–Crippen LogP) is 4.26. The van der Waals surface area contributed by atoms with E-state index < -0.39 is 17.7 Å². The quantitative estimate of drug-likeness (QED) is 0.323. The second-order valence-electron chi connectivity index (χ2n) is 9.65. The first-order valence-electron chi connectivity index (χ1n) is 12.7. The van der Waals surface area contributed by atoms with Crippen molar-refractivity contribution in [2.45, 2.75) is 31.8 Å². The van der Waals surface area contributed by atoms with Crippen LogP contribution in [0.4, 0.5) is 14.6 Å². The molecule has 1 aliphatic rings. The molecular weight excluding hydrogens is 542 g/mol. The summed E-state index contributed by atoms with van der Waals surface area (Å²) in [5.74, 6) is -2.08. The third-order valence-electron chi connectivity index (χ3n) is 7.32. The number of hydrogen-bond donors (Lipinski definition) is 2. The number of methoxy groups -OCH3 is 1. The molecule has 0 radical (unpaired) electrons. The smallest absolute Gasteiger partial charge is 0.263 e. The highest BCUT2D eigenvalue weighted by atomic mass is 35.5. The van der Waals surface area contributed by atoms with Crippen molar-refractivity contribution in [2.24, 2.45) is 0 Å². The van der Waals surface area contributed by atoms with E-state index in [1.807, 2.05) is 6.92 Å². The van der Waals surface area contributed by atoms with Gasteiger partial charge >= 0.3 is 0 Å². The monoisotopic (exact) mass is 566 g/mol. The van der Waals surface area contributed by atoms with Crippen molar-refractivity contribution in [3.05, 3.63) is 69.5 Å². The second-order valence-corrected chi connectivity index (χ2v) is 10.1. The van der Waals surface area contributed by atoms with Gasteiger partial charge in [0.2, 0.25) is 5.82 Å². The van der Waals surface area contributed by atoms with Crippen molar-refractivity contribution in [1.29, 1.82) is 0 Å². The van der Waals surface area contributed by atoms with Gasteiger partial charge in [0, 0.05) is 12.1 Å². The summed E-state index contributed by atoms with van der Waals surface area (Å²) in [7, 11) is 1.25. The Balaban J connectivity index is 1.61. The number of benzene rings is 2. The zero-order valence-electron chi connectivity index (χ0n) is 21.7. The average molecular weight is 567 g/mol. The van der Waals surface area contributed by atoms with Gasteiger partial charge < -0.3 is 15.8 Å². The highest BCUT2D eigenvalue weighted by molar-refractivity contribution is 6.35. The number of nitrogens with zero attached hydrogens (tertiary/aromatic N) is 6. The van der Waals surface area contributed by atoms with Gasteiger partial charge in [0.15, 0.2) is 17.2 Å². The zero-order valence-corrected chi connectivity index (χ0v) is 22.4. The van der Waals surface area contributed by atoms with Crippen LogP contribution in [0.25, 0.3) is 33.2 Å². The van der Waals surface area contributed by atoms with E-state index in [2.05, 4.69) is 20.4 Å². The van der Waals surface area contributed by atoms with Crippen molar-refractivity contribution in [2.75, 3.05) is 25.9 Å². The maximum atomic E-state index is 15.2. The fraction of sp³-hybridized carbons (Fsp3) is 0.296. The second kappa shape index (κ2) is 10.1. The number of halogens is 3. The molecule has 0 saturated carbocycles. The SMILES string of the molecule is COc1ccc(-c2nn(C(C)c3nc4cccc(Cl)c4c(=O)n3C3CCCNC3)c3ncnc(N)c23)c(F)c1F. The van der Waals surface area contributed by atoms with Crippen molar-refractivity contribution in [3.8, 4) is 17.0 Å². The molecule has 0 bridgehead atoms.